The maximum absolute atomic E-state index is 13.5. The third-order valence-electron chi connectivity index (χ3n) is 5.61. The molecule has 1 amide bonds. The van der Waals surface area contributed by atoms with Crippen LogP contribution in [0.25, 0.3) is 5.69 Å². The van der Waals surface area contributed by atoms with E-state index in [0.717, 1.165) is 12.8 Å². The number of anilines is 2. The Morgan fingerprint density at radius 1 is 1.03 bits per heavy atom. The molecular formula is C27H23ClN4O3. The molecule has 2 N–H and O–H groups in total. The predicted octanol–water partition coefficient (Wildman–Crippen LogP) is 5.56. The molecule has 0 saturated heterocycles. The average molecular weight is 487 g/mol. The fourth-order valence-electron chi connectivity index (χ4n) is 3.59. The molecule has 0 unspecified atom stereocenters. The van der Waals surface area contributed by atoms with Crippen LogP contribution < -0.4 is 20.9 Å². The Morgan fingerprint density at radius 3 is 2.60 bits per heavy atom. The van der Waals surface area contributed by atoms with Crippen LogP contribution in [0.3, 0.4) is 0 Å². The van der Waals surface area contributed by atoms with E-state index in [0.29, 0.717) is 40.2 Å². The number of halogens is 1. The van der Waals surface area contributed by atoms with Gasteiger partial charge in [-0.05, 0) is 67.3 Å². The molecule has 1 aliphatic rings. The number of benzene rings is 3. The topological polar surface area (TPSA) is 85.2 Å². The summed E-state index contributed by atoms with van der Waals surface area (Å²) in [4.78, 5) is 26.1. The van der Waals surface area contributed by atoms with Crippen LogP contribution in [-0.2, 0) is 0 Å². The SMILES string of the molecule is O=C(NCC1CC1)c1cccc(Nc2c(Oc3cccc(Cl)c3)cnn(-c3ccccc3)c2=O)c1. The zero-order valence-corrected chi connectivity index (χ0v) is 19.5. The Balaban J connectivity index is 1.49. The van der Waals surface area contributed by atoms with E-state index in [1.54, 1.807) is 60.7 Å². The second kappa shape index (κ2) is 10.0. The Kier molecular flexibility index (Phi) is 6.50. The first kappa shape index (κ1) is 22.7. The smallest absolute Gasteiger partial charge is 0.299 e. The number of nitrogens with zero attached hydrogens (tertiary/aromatic N) is 2. The number of hydrogen-bond donors (Lipinski definition) is 2. The van der Waals surface area contributed by atoms with Crippen LogP contribution in [0.15, 0.2) is 89.9 Å². The van der Waals surface area contributed by atoms with E-state index < -0.39 is 5.56 Å². The van der Waals surface area contributed by atoms with Gasteiger partial charge in [0.15, 0.2) is 11.4 Å². The zero-order chi connectivity index (χ0) is 24.2. The van der Waals surface area contributed by atoms with Gasteiger partial charge in [-0.25, -0.2) is 0 Å². The molecule has 0 spiro atoms. The Hall–Kier alpha value is -4.10. The summed E-state index contributed by atoms with van der Waals surface area (Å²) in [6, 6.07) is 23.0. The summed E-state index contributed by atoms with van der Waals surface area (Å²) in [6.45, 7) is 0.681. The van der Waals surface area contributed by atoms with E-state index in [2.05, 4.69) is 15.7 Å². The van der Waals surface area contributed by atoms with Crippen molar-refractivity contribution in [2.24, 2.45) is 5.92 Å². The van der Waals surface area contributed by atoms with Crippen molar-refractivity contribution in [2.45, 2.75) is 12.8 Å². The maximum Gasteiger partial charge on any atom is 0.299 e. The molecule has 1 aliphatic carbocycles. The van der Waals surface area contributed by atoms with Crippen LogP contribution in [0.4, 0.5) is 11.4 Å². The van der Waals surface area contributed by atoms with Crippen LogP contribution >= 0.6 is 11.6 Å². The molecule has 0 radical (unpaired) electrons. The second-order valence-corrected chi connectivity index (χ2v) is 8.79. The molecule has 0 bridgehead atoms. The molecule has 1 saturated carbocycles. The molecule has 176 valence electrons. The Labute approximate surface area is 207 Å². The first-order valence-electron chi connectivity index (χ1n) is 11.3. The van der Waals surface area contributed by atoms with Crippen LogP contribution in [0.2, 0.25) is 5.02 Å². The van der Waals surface area contributed by atoms with Gasteiger partial charge in [0.25, 0.3) is 11.5 Å². The fourth-order valence-corrected chi connectivity index (χ4v) is 3.77. The molecule has 1 heterocycles. The lowest BCUT2D eigenvalue weighted by atomic mass is 10.2. The number of rotatable bonds is 8. The number of hydrogen-bond acceptors (Lipinski definition) is 5. The quantitative estimate of drug-likeness (QED) is 0.340. The minimum atomic E-state index is -0.403. The summed E-state index contributed by atoms with van der Waals surface area (Å²) >= 11 is 6.10. The summed E-state index contributed by atoms with van der Waals surface area (Å²) in [6.07, 6.45) is 3.80. The van der Waals surface area contributed by atoms with Crippen molar-refractivity contribution in [3.05, 3.63) is 106 Å². The van der Waals surface area contributed by atoms with Gasteiger partial charge in [-0.3, -0.25) is 9.59 Å². The zero-order valence-electron chi connectivity index (χ0n) is 18.8. The van der Waals surface area contributed by atoms with Gasteiger partial charge in [0, 0.05) is 22.8 Å². The third kappa shape index (κ3) is 5.53. The van der Waals surface area contributed by atoms with Crippen LogP contribution in [0.5, 0.6) is 11.5 Å². The highest BCUT2D eigenvalue weighted by Crippen LogP contribution is 2.30. The molecule has 0 atom stereocenters. The summed E-state index contributed by atoms with van der Waals surface area (Å²) in [5.41, 5.74) is 1.47. The summed E-state index contributed by atoms with van der Waals surface area (Å²) in [5, 5.41) is 10.9. The van der Waals surface area contributed by atoms with E-state index in [9.17, 15) is 9.59 Å². The van der Waals surface area contributed by atoms with E-state index in [1.165, 1.54) is 10.9 Å². The van der Waals surface area contributed by atoms with E-state index >= 15 is 0 Å². The third-order valence-corrected chi connectivity index (χ3v) is 5.85. The molecular weight excluding hydrogens is 464 g/mol. The van der Waals surface area contributed by atoms with Crippen molar-refractivity contribution in [1.82, 2.24) is 15.1 Å². The van der Waals surface area contributed by atoms with Gasteiger partial charge in [0.2, 0.25) is 0 Å². The lowest BCUT2D eigenvalue weighted by Crippen LogP contribution is -2.26. The Morgan fingerprint density at radius 2 is 1.83 bits per heavy atom. The monoisotopic (exact) mass is 486 g/mol. The minimum Gasteiger partial charge on any atom is -0.453 e. The highest BCUT2D eigenvalue weighted by molar-refractivity contribution is 6.30. The van der Waals surface area contributed by atoms with Crippen molar-refractivity contribution in [3.63, 3.8) is 0 Å². The summed E-state index contributed by atoms with van der Waals surface area (Å²) < 4.78 is 7.27. The number of carbonyl (C=O) groups is 1. The van der Waals surface area contributed by atoms with Crippen LogP contribution in [0.1, 0.15) is 23.2 Å². The first-order valence-corrected chi connectivity index (χ1v) is 11.7. The van der Waals surface area contributed by atoms with Crippen molar-refractivity contribution >= 4 is 28.9 Å². The molecule has 7 nitrogen and oxygen atoms in total. The maximum atomic E-state index is 13.5. The molecule has 4 aromatic rings. The molecule has 8 heteroatoms. The van der Waals surface area contributed by atoms with Crippen molar-refractivity contribution in [2.75, 3.05) is 11.9 Å². The van der Waals surface area contributed by atoms with E-state index in [1.807, 2.05) is 18.2 Å². The van der Waals surface area contributed by atoms with E-state index in [-0.39, 0.29) is 17.3 Å². The number of aromatic nitrogens is 2. The minimum absolute atomic E-state index is 0.146. The van der Waals surface area contributed by atoms with Gasteiger partial charge in [-0.2, -0.15) is 9.78 Å². The standard InChI is InChI=1S/C27H23ClN4O3/c28-20-7-5-11-23(15-20)35-24-17-30-32(22-9-2-1-3-10-22)27(34)25(24)31-21-8-4-6-19(14-21)26(33)29-16-18-12-13-18/h1-11,14-15,17-18,31H,12-13,16H2,(H,29,33). The molecule has 5 rings (SSSR count). The van der Waals surface area contributed by atoms with Gasteiger partial charge in [-0.15, -0.1) is 0 Å². The number of para-hydroxylation sites is 1. The molecule has 35 heavy (non-hydrogen) atoms. The fraction of sp³-hybridized carbons (Fsp3) is 0.148. The number of ether oxygens (including phenoxy) is 1. The molecule has 0 aliphatic heterocycles. The molecule has 1 aromatic heterocycles. The lowest BCUT2D eigenvalue weighted by molar-refractivity contribution is 0.0952. The number of carbonyl (C=O) groups excluding carboxylic acids is 1. The van der Waals surface area contributed by atoms with Gasteiger partial charge in [0.05, 0.1) is 11.9 Å². The average Bonchev–Trinajstić information content (AvgIpc) is 3.70. The van der Waals surface area contributed by atoms with Crippen molar-refractivity contribution < 1.29 is 9.53 Å². The van der Waals surface area contributed by atoms with Crippen LogP contribution in [-0.4, -0.2) is 22.2 Å². The molecule has 1 fully saturated rings. The number of amides is 1. The Bertz CT molecular complexity index is 1420. The largest absolute Gasteiger partial charge is 0.453 e. The van der Waals surface area contributed by atoms with Crippen LogP contribution in [0, 0.1) is 5.92 Å². The highest BCUT2D eigenvalue weighted by atomic mass is 35.5. The second-order valence-electron chi connectivity index (χ2n) is 8.35. The van der Waals surface area contributed by atoms with E-state index in [4.69, 9.17) is 16.3 Å². The lowest BCUT2D eigenvalue weighted by Gasteiger charge is -2.15. The summed E-state index contributed by atoms with van der Waals surface area (Å²) in [7, 11) is 0. The van der Waals surface area contributed by atoms with Crippen molar-refractivity contribution in [3.8, 4) is 17.2 Å². The first-order chi connectivity index (χ1) is 17.1. The van der Waals surface area contributed by atoms with Gasteiger partial charge in [-0.1, -0.05) is 41.9 Å². The number of nitrogens with one attached hydrogen (secondary N) is 2. The van der Waals surface area contributed by atoms with Gasteiger partial charge >= 0.3 is 0 Å². The van der Waals surface area contributed by atoms with Gasteiger partial charge < -0.3 is 15.4 Å². The predicted molar refractivity (Wildman–Crippen MR) is 136 cm³/mol. The van der Waals surface area contributed by atoms with Gasteiger partial charge in [0.1, 0.15) is 5.75 Å². The normalized spacial score (nSPS) is 12.7. The summed E-state index contributed by atoms with van der Waals surface area (Å²) in [5.74, 6) is 1.13. The highest BCUT2D eigenvalue weighted by Gasteiger charge is 2.22. The van der Waals surface area contributed by atoms with Crippen molar-refractivity contribution in [1.29, 1.82) is 0 Å². The molecule has 3 aromatic carbocycles.